The molecule has 21 heavy (non-hydrogen) atoms. The largest absolute Gasteiger partial charge is 0.443 e. The zero-order valence-corrected chi connectivity index (χ0v) is 12.5. The first kappa shape index (κ1) is 16.8. The zero-order chi connectivity index (χ0) is 15.7. The van der Waals surface area contributed by atoms with Crippen molar-refractivity contribution < 1.29 is 14.3 Å². The van der Waals surface area contributed by atoms with E-state index in [0.717, 1.165) is 18.4 Å². The maximum Gasteiger partial charge on any atom is 0.317 e. The van der Waals surface area contributed by atoms with Crippen molar-refractivity contribution in [3.8, 4) is 0 Å². The molecule has 6 heteroatoms. The summed E-state index contributed by atoms with van der Waals surface area (Å²) in [6, 6.07) is 6.90. The summed E-state index contributed by atoms with van der Waals surface area (Å²) >= 11 is 0. The highest BCUT2D eigenvalue weighted by Crippen LogP contribution is 2.08. The average Bonchev–Trinajstić information content (AvgIpc) is 2.41. The van der Waals surface area contributed by atoms with Gasteiger partial charge in [-0.05, 0) is 31.0 Å². The van der Waals surface area contributed by atoms with Crippen molar-refractivity contribution >= 4 is 18.2 Å². The fraction of sp³-hybridized carbons (Fsp3) is 0.467. The van der Waals surface area contributed by atoms with Crippen LogP contribution in [0.25, 0.3) is 0 Å². The Balaban J connectivity index is 2.54. The Morgan fingerprint density at radius 2 is 2.00 bits per heavy atom. The Labute approximate surface area is 125 Å². The van der Waals surface area contributed by atoms with Gasteiger partial charge in [-0.2, -0.15) is 0 Å². The van der Waals surface area contributed by atoms with Gasteiger partial charge in [0.15, 0.2) is 6.23 Å². The molecule has 4 N–H and O–H groups in total. The minimum atomic E-state index is -0.708. The summed E-state index contributed by atoms with van der Waals surface area (Å²) in [7, 11) is 0. The standard InChI is InChI=1S/C15H23N3O3/c1-3-4-11(2)17-15(20)18-14(21-10-19)9-12-5-7-13(16)8-6-12/h5-8,10-11,14H,3-4,9,16H2,1-2H3,(H2,17,18,20)/t11-,14-/m1/s1. The van der Waals surface area contributed by atoms with Crippen LogP contribution >= 0.6 is 0 Å². The molecule has 2 atom stereocenters. The SMILES string of the molecule is CCC[C@@H](C)NC(=O)N[C@@H](Cc1ccc(N)cc1)OC=O. The molecule has 1 aromatic rings. The number of hydrogen-bond donors (Lipinski definition) is 3. The fourth-order valence-electron chi connectivity index (χ4n) is 1.98. The van der Waals surface area contributed by atoms with Crippen molar-refractivity contribution in [1.82, 2.24) is 10.6 Å². The molecule has 1 rings (SSSR count). The maximum atomic E-state index is 11.8. The number of anilines is 1. The third-order valence-corrected chi connectivity index (χ3v) is 3.01. The van der Waals surface area contributed by atoms with E-state index in [2.05, 4.69) is 17.6 Å². The van der Waals surface area contributed by atoms with Gasteiger partial charge in [0, 0.05) is 18.2 Å². The molecule has 0 heterocycles. The van der Waals surface area contributed by atoms with Crippen LogP contribution in [0.15, 0.2) is 24.3 Å². The van der Waals surface area contributed by atoms with Gasteiger partial charge in [-0.15, -0.1) is 0 Å². The van der Waals surface area contributed by atoms with Gasteiger partial charge in [0.05, 0.1) is 0 Å². The smallest absolute Gasteiger partial charge is 0.317 e. The molecular formula is C15H23N3O3. The molecule has 0 aliphatic carbocycles. The molecule has 1 aromatic carbocycles. The van der Waals surface area contributed by atoms with E-state index in [0.29, 0.717) is 18.6 Å². The number of urea groups is 1. The topological polar surface area (TPSA) is 93.5 Å². The van der Waals surface area contributed by atoms with E-state index in [9.17, 15) is 9.59 Å². The second-order valence-corrected chi connectivity index (χ2v) is 4.97. The highest BCUT2D eigenvalue weighted by Gasteiger charge is 2.15. The second-order valence-electron chi connectivity index (χ2n) is 4.97. The molecule has 0 unspecified atom stereocenters. The van der Waals surface area contributed by atoms with Gasteiger partial charge in [-0.1, -0.05) is 25.5 Å². The molecule has 0 saturated carbocycles. The number of carbonyl (C=O) groups excluding carboxylic acids is 2. The first-order valence-corrected chi connectivity index (χ1v) is 7.05. The lowest BCUT2D eigenvalue weighted by atomic mass is 10.1. The van der Waals surface area contributed by atoms with Crippen molar-refractivity contribution in [2.24, 2.45) is 0 Å². The molecule has 0 spiro atoms. The zero-order valence-electron chi connectivity index (χ0n) is 12.5. The van der Waals surface area contributed by atoms with Gasteiger partial charge >= 0.3 is 6.03 Å². The highest BCUT2D eigenvalue weighted by molar-refractivity contribution is 5.74. The van der Waals surface area contributed by atoms with Crippen molar-refractivity contribution in [3.05, 3.63) is 29.8 Å². The molecule has 0 aromatic heterocycles. The summed E-state index contributed by atoms with van der Waals surface area (Å²) in [4.78, 5) is 22.4. The summed E-state index contributed by atoms with van der Waals surface area (Å²) < 4.78 is 4.90. The van der Waals surface area contributed by atoms with E-state index in [4.69, 9.17) is 10.5 Å². The number of benzene rings is 1. The van der Waals surface area contributed by atoms with Gasteiger partial charge in [-0.3, -0.25) is 4.79 Å². The Kier molecular flexibility index (Phi) is 7.08. The van der Waals surface area contributed by atoms with Crippen LogP contribution in [0.2, 0.25) is 0 Å². The van der Waals surface area contributed by atoms with Crippen molar-refractivity contribution in [3.63, 3.8) is 0 Å². The molecule has 2 amide bonds. The highest BCUT2D eigenvalue weighted by atomic mass is 16.5. The predicted octanol–water partition coefficient (Wildman–Crippen LogP) is 1.80. The van der Waals surface area contributed by atoms with Crippen LogP contribution in [0, 0.1) is 0 Å². The number of rotatable bonds is 8. The molecule has 116 valence electrons. The molecule has 0 bridgehead atoms. The normalized spacial score (nSPS) is 13.0. The van der Waals surface area contributed by atoms with Gasteiger partial charge in [0.1, 0.15) is 0 Å². The first-order chi connectivity index (χ1) is 10.0. The lowest BCUT2D eigenvalue weighted by Crippen LogP contribution is -2.47. The van der Waals surface area contributed by atoms with Crippen molar-refractivity contribution in [1.29, 1.82) is 0 Å². The van der Waals surface area contributed by atoms with Crippen LogP contribution in [-0.2, 0) is 16.0 Å². The second kappa shape index (κ2) is 8.84. The van der Waals surface area contributed by atoms with Gasteiger partial charge in [0.25, 0.3) is 6.47 Å². The molecule has 0 fully saturated rings. The molecule has 0 radical (unpaired) electrons. The third kappa shape index (κ3) is 6.65. The van der Waals surface area contributed by atoms with Gasteiger partial charge < -0.3 is 21.1 Å². The predicted molar refractivity (Wildman–Crippen MR) is 81.5 cm³/mol. The lowest BCUT2D eigenvalue weighted by molar-refractivity contribution is -0.134. The maximum absolute atomic E-state index is 11.8. The van der Waals surface area contributed by atoms with E-state index in [1.807, 2.05) is 19.1 Å². The first-order valence-electron chi connectivity index (χ1n) is 7.05. The summed E-state index contributed by atoms with van der Waals surface area (Å²) in [5.41, 5.74) is 7.19. The number of nitrogen functional groups attached to an aromatic ring is 1. The summed E-state index contributed by atoms with van der Waals surface area (Å²) in [5.74, 6) is 0. The number of carbonyl (C=O) groups is 2. The summed E-state index contributed by atoms with van der Waals surface area (Å²) in [6.45, 7) is 4.31. The van der Waals surface area contributed by atoms with E-state index < -0.39 is 6.23 Å². The van der Waals surface area contributed by atoms with Crippen LogP contribution in [-0.4, -0.2) is 24.8 Å². The quantitative estimate of drug-likeness (QED) is 0.387. The van der Waals surface area contributed by atoms with Crippen LogP contribution < -0.4 is 16.4 Å². The Morgan fingerprint density at radius 3 is 2.57 bits per heavy atom. The Morgan fingerprint density at radius 1 is 1.33 bits per heavy atom. The lowest BCUT2D eigenvalue weighted by Gasteiger charge is -2.19. The van der Waals surface area contributed by atoms with Crippen molar-refractivity contribution in [2.75, 3.05) is 5.73 Å². The number of amides is 2. The summed E-state index contributed by atoms with van der Waals surface area (Å²) in [5, 5.41) is 5.43. The van der Waals surface area contributed by atoms with E-state index in [1.165, 1.54) is 0 Å². The molecule has 0 aliphatic heterocycles. The van der Waals surface area contributed by atoms with Crippen LogP contribution in [0.5, 0.6) is 0 Å². The molecule has 0 aliphatic rings. The molecular weight excluding hydrogens is 270 g/mol. The molecule has 6 nitrogen and oxygen atoms in total. The van der Waals surface area contributed by atoms with Gasteiger partial charge in [0.2, 0.25) is 0 Å². The average molecular weight is 293 g/mol. The molecule has 0 saturated heterocycles. The summed E-state index contributed by atoms with van der Waals surface area (Å²) in [6.07, 6.45) is 1.56. The van der Waals surface area contributed by atoms with Crippen LogP contribution in [0.4, 0.5) is 10.5 Å². The minimum absolute atomic E-state index is 0.0726. The van der Waals surface area contributed by atoms with Crippen LogP contribution in [0.3, 0.4) is 0 Å². The van der Waals surface area contributed by atoms with E-state index >= 15 is 0 Å². The fourth-order valence-corrected chi connectivity index (χ4v) is 1.98. The third-order valence-electron chi connectivity index (χ3n) is 3.01. The monoisotopic (exact) mass is 293 g/mol. The number of hydrogen-bond acceptors (Lipinski definition) is 4. The Hall–Kier alpha value is -2.24. The van der Waals surface area contributed by atoms with Crippen LogP contribution in [0.1, 0.15) is 32.3 Å². The number of nitrogens with two attached hydrogens (primary N) is 1. The van der Waals surface area contributed by atoms with Crippen molar-refractivity contribution in [2.45, 2.75) is 45.4 Å². The number of ether oxygens (including phenoxy) is 1. The van der Waals surface area contributed by atoms with E-state index in [1.54, 1.807) is 12.1 Å². The Bertz CT molecular complexity index is 448. The van der Waals surface area contributed by atoms with Gasteiger partial charge in [-0.25, -0.2) is 4.79 Å². The number of nitrogens with one attached hydrogen (secondary N) is 2. The minimum Gasteiger partial charge on any atom is -0.443 e. The van der Waals surface area contributed by atoms with E-state index in [-0.39, 0.29) is 12.1 Å².